The molecule has 0 aromatic heterocycles. The second kappa shape index (κ2) is 16.3. The van der Waals surface area contributed by atoms with Crippen molar-refractivity contribution in [2.75, 3.05) is 19.8 Å². The SMILES string of the molecule is C[C@H]1[C@H](C)[C@H]2C34C=C[C@@H]5[C@@]6(C)CC[C@H](O[C@@H]7O[C@H](C)[C@H](O)[C@H](O)[C@H]7O[C@@H]7O[C@H](CO)[C@@H](O)[C@H](O)[C@H]7O[C@@H]7OC[C@@H](O)[C@H](O)[C@H]7O)C(C)(C)[C@@H]6CC[C@@]5(C)[C@]3(C)C[C@@H](O)[C@@]2(CO4)C[C@@H]1O. The molecule has 0 amide bonds. The highest BCUT2D eigenvalue weighted by molar-refractivity contribution is 5.36. The summed E-state index contributed by atoms with van der Waals surface area (Å²) in [6, 6.07) is 0. The highest BCUT2D eigenvalue weighted by atomic mass is 16.8. The highest BCUT2D eigenvalue weighted by Crippen LogP contribution is 2.79. The second-order valence-corrected chi connectivity index (χ2v) is 23.0. The Morgan fingerprint density at radius 1 is 0.672 bits per heavy atom. The van der Waals surface area contributed by atoms with Crippen LogP contribution in [0.4, 0.5) is 0 Å². The summed E-state index contributed by atoms with van der Waals surface area (Å²) in [5, 5.41) is 109. The third-order valence-electron chi connectivity index (χ3n) is 19.9. The Balaban J connectivity index is 0.979. The molecular weight excluding hydrogens is 836 g/mol. The molecule has 17 heteroatoms. The lowest BCUT2D eigenvalue weighted by Gasteiger charge is -2.73. The Kier molecular flexibility index (Phi) is 12.3. The van der Waals surface area contributed by atoms with E-state index in [4.69, 9.17) is 33.2 Å². The van der Waals surface area contributed by atoms with Crippen molar-refractivity contribution in [3.63, 3.8) is 0 Å². The highest BCUT2D eigenvalue weighted by Gasteiger charge is 2.80. The van der Waals surface area contributed by atoms with Crippen molar-refractivity contribution < 1.29 is 84.2 Å². The molecule has 17 nitrogen and oxygen atoms in total. The number of allylic oxidation sites excluding steroid dienone is 1. The molecule has 5 aliphatic carbocycles. The zero-order valence-electron chi connectivity index (χ0n) is 38.6. The second-order valence-electron chi connectivity index (χ2n) is 23.0. The van der Waals surface area contributed by atoms with Gasteiger partial charge in [-0.25, -0.2) is 0 Å². The quantitative estimate of drug-likeness (QED) is 0.120. The smallest absolute Gasteiger partial charge is 0.187 e. The van der Waals surface area contributed by atoms with Crippen molar-refractivity contribution in [1.82, 2.24) is 0 Å². The van der Waals surface area contributed by atoms with E-state index in [-0.39, 0.29) is 45.8 Å². The predicted molar refractivity (Wildman–Crippen MR) is 223 cm³/mol. The third kappa shape index (κ3) is 6.57. The fraction of sp³-hybridized carbons (Fsp3) is 0.957. The van der Waals surface area contributed by atoms with Crippen LogP contribution in [0.1, 0.15) is 93.9 Å². The molecule has 64 heavy (non-hydrogen) atoms. The van der Waals surface area contributed by atoms with Gasteiger partial charge in [0.15, 0.2) is 18.9 Å². The summed E-state index contributed by atoms with van der Waals surface area (Å²) in [5.41, 5.74) is -2.31. The van der Waals surface area contributed by atoms with E-state index in [9.17, 15) is 51.1 Å². The molecule has 2 bridgehead atoms. The van der Waals surface area contributed by atoms with E-state index in [2.05, 4.69) is 60.6 Å². The first kappa shape index (κ1) is 48.1. The van der Waals surface area contributed by atoms with Crippen LogP contribution >= 0.6 is 0 Å². The molecule has 1 unspecified atom stereocenters. The van der Waals surface area contributed by atoms with Gasteiger partial charge in [0, 0.05) is 16.7 Å². The number of fused-ring (bicyclic) bond motifs is 4. The molecular formula is C47H76O17. The Morgan fingerprint density at radius 2 is 1.33 bits per heavy atom. The largest absolute Gasteiger partial charge is 0.394 e. The first-order valence-electron chi connectivity index (χ1n) is 23.9. The van der Waals surface area contributed by atoms with Crippen molar-refractivity contribution in [3.8, 4) is 0 Å². The summed E-state index contributed by atoms with van der Waals surface area (Å²) in [4.78, 5) is 0. The van der Waals surface area contributed by atoms with E-state index in [1.54, 1.807) is 6.92 Å². The topological polar surface area (TPSA) is 267 Å². The van der Waals surface area contributed by atoms with Gasteiger partial charge >= 0.3 is 0 Å². The van der Waals surface area contributed by atoms with Gasteiger partial charge in [0.05, 0.1) is 49.8 Å². The molecule has 4 saturated carbocycles. The van der Waals surface area contributed by atoms with Crippen LogP contribution in [0.25, 0.3) is 0 Å². The summed E-state index contributed by atoms with van der Waals surface area (Å²) >= 11 is 0. The standard InChI is InChI=1S/C47H76O17/c1-20-21(2)38-46(15-23(20)49)19-59-47(38)14-10-27-43(6)12-11-29(42(4,5)26(43)9-13-44(27,7)45(47,8)16-28(46)51)62-40-36(33(55)30(52)22(3)60-40)64-41-37(34(56)32(54)25(17-48)61-41)63-39-35(57)31(53)24(50)18-58-39/h10,14,20-41,48-57H,9,11-13,15-19H2,1-8H3/t20-,21-,22+,23-,24+,25+,26-,27+,28+,29-,30-,31-,32+,33-,34-,35+,36+,37+,38+,39-,40-,41-,43-,44+,45-,46-,47?/m0/s1. The molecule has 366 valence electrons. The number of ether oxygens (including phenoxy) is 7. The van der Waals surface area contributed by atoms with Gasteiger partial charge in [-0.3, -0.25) is 0 Å². The van der Waals surface area contributed by atoms with Crippen molar-refractivity contribution in [3.05, 3.63) is 12.2 Å². The molecule has 1 spiro atoms. The van der Waals surface area contributed by atoms with Crippen LogP contribution in [0.15, 0.2) is 12.2 Å². The fourth-order valence-electron chi connectivity index (χ4n) is 15.8. The molecule has 0 radical (unpaired) electrons. The van der Waals surface area contributed by atoms with E-state index in [0.717, 1.165) is 19.3 Å². The zero-order valence-corrected chi connectivity index (χ0v) is 38.6. The number of hydrogen-bond donors (Lipinski definition) is 10. The Labute approximate surface area is 376 Å². The summed E-state index contributed by atoms with van der Waals surface area (Å²) in [7, 11) is 0. The van der Waals surface area contributed by atoms with Crippen LogP contribution < -0.4 is 0 Å². The molecule has 9 aliphatic rings. The van der Waals surface area contributed by atoms with E-state index in [0.29, 0.717) is 25.9 Å². The third-order valence-corrected chi connectivity index (χ3v) is 19.9. The molecule has 27 atom stereocenters. The average molecular weight is 913 g/mol. The lowest BCUT2D eigenvalue weighted by molar-refractivity contribution is -0.393. The van der Waals surface area contributed by atoms with Crippen LogP contribution in [0.3, 0.4) is 0 Å². The maximum absolute atomic E-state index is 12.3. The number of aliphatic hydroxyl groups is 10. The Bertz CT molecular complexity index is 1750. The summed E-state index contributed by atoms with van der Waals surface area (Å²) in [5.74, 6) is 0.620. The number of aliphatic hydroxyl groups excluding tert-OH is 10. The van der Waals surface area contributed by atoms with Gasteiger partial charge in [-0.2, -0.15) is 0 Å². The monoisotopic (exact) mass is 913 g/mol. The maximum Gasteiger partial charge on any atom is 0.187 e. The van der Waals surface area contributed by atoms with Crippen molar-refractivity contribution in [1.29, 1.82) is 0 Å². The maximum atomic E-state index is 12.3. The predicted octanol–water partition coefficient (Wildman–Crippen LogP) is 0.0945. The van der Waals surface area contributed by atoms with E-state index >= 15 is 0 Å². The fourth-order valence-corrected chi connectivity index (χ4v) is 15.8. The van der Waals surface area contributed by atoms with Crippen molar-refractivity contribution >= 4 is 0 Å². The molecule has 0 aromatic rings. The zero-order chi connectivity index (χ0) is 46.4. The molecule has 0 aromatic carbocycles. The van der Waals surface area contributed by atoms with Crippen LogP contribution in [-0.2, 0) is 33.2 Å². The Morgan fingerprint density at radius 3 is 2.02 bits per heavy atom. The van der Waals surface area contributed by atoms with E-state index < -0.39 is 134 Å². The lowest BCUT2D eigenvalue weighted by atomic mass is 9.31. The minimum absolute atomic E-state index is 0.0759. The van der Waals surface area contributed by atoms with Gasteiger partial charge < -0.3 is 84.2 Å². The van der Waals surface area contributed by atoms with Crippen molar-refractivity contribution in [2.24, 2.45) is 56.7 Å². The average Bonchev–Trinajstić information content (AvgIpc) is 3.54. The molecule has 9 rings (SSSR count). The Hall–Kier alpha value is -0.940. The van der Waals surface area contributed by atoms with Gasteiger partial charge in [0.1, 0.15) is 61.0 Å². The first-order chi connectivity index (χ1) is 29.9. The number of rotatable bonds is 7. The van der Waals surface area contributed by atoms with Crippen LogP contribution in [-0.4, -0.2) is 181 Å². The normalized spacial score (nSPS) is 60.2. The van der Waals surface area contributed by atoms with Gasteiger partial charge in [-0.1, -0.05) is 60.6 Å². The van der Waals surface area contributed by atoms with Crippen LogP contribution in [0, 0.1) is 56.7 Å². The first-order valence-corrected chi connectivity index (χ1v) is 23.9. The van der Waals surface area contributed by atoms with E-state index in [1.165, 1.54) is 0 Å². The minimum Gasteiger partial charge on any atom is -0.394 e. The molecule has 4 saturated heterocycles. The lowest BCUT2D eigenvalue weighted by Crippen LogP contribution is -2.73. The summed E-state index contributed by atoms with van der Waals surface area (Å²) < 4.78 is 43.9. The van der Waals surface area contributed by atoms with Crippen molar-refractivity contribution in [2.45, 2.75) is 204 Å². The van der Waals surface area contributed by atoms with Gasteiger partial charge in [0.25, 0.3) is 0 Å². The molecule has 4 heterocycles. The van der Waals surface area contributed by atoms with Crippen LogP contribution in [0.2, 0.25) is 0 Å². The van der Waals surface area contributed by atoms with Gasteiger partial charge in [-0.15, -0.1) is 0 Å². The minimum atomic E-state index is -1.79. The molecule has 10 N–H and O–H groups in total. The summed E-state index contributed by atoms with van der Waals surface area (Å²) in [6.07, 6.45) is -13.6. The van der Waals surface area contributed by atoms with Crippen LogP contribution in [0.5, 0.6) is 0 Å². The van der Waals surface area contributed by atoms with E-state index in [1.807, 2.05) is 0 Å². The van der Waals surface area contributed by atoms with Gasteiger partial charge in [-0.05, 0) is 85.4 Å². The number of hydrogen-bond acceptors (Lipinski definition) is 17. The van der Waals surface area contributed by atoms with Gasteiger partial charge in [0.2, 0.25) is 0 Å². The molecule has 8 fully saturated rings. The summed E-state index contributed by atoms with van der Waals surface area (Å²) in [6.45, 7) is 16.9. The molecule has 4 aliphatic heterocycles.